The number of hydrogen-bond donors (Lipinski definition) is 1. The first-order chi connectivity index (χ1) is 10.4. The normalized spacial score (nSPS) is 12.7. The van der Waals surface area contributed by atoms with Gasteiger partial charge in [0.05, 0.1) is 16.8 Å². The molecule has 1 amide bonds. The first-order valence-corrected chi connectivity index (χ1v) is 7.50. The van der Waals surface area contributed by atoms with Gasteiger partial charge >= 0.3 is 0 Å². The Morgan fingerprint density at radius 1 is 1.05 bits per heavy atom. The van der Waals surface area contributed by atoms with Crippen LogP contribution in [-0.2, 0) is 4.79 Å². The van der Waals surface area contributed by atoms with Crippen molar-refractivity contribution in [3.63, 3.8) is 0 Å². The maximum absolute atomic E-state index is 12.8. The summed E-state index contributed by atoms with van der Waals surface area (Å²) in [5.74, 6) is -0.756. The van der Waals surface area contributed by atoms with Crippen molar-refractivity contribution in [1.82, 2.24) is 0 Å². The summed E-state index contributed by atoms with van der Waals surface area (Å²) >= 11 is 3.37. The Morgan fingerprint density at radius 3 is 2.14 bits per heavy atom. The number of ketones is 2. The van der Waals surface area contributed by atoms with E-state index in [0.29, 0.717) is 26.9 Å². The Labute approximate surface area is 135 Å². The minimum Gasteiger partial charge on any atom is -0.325 e. The van der Waals surface area contributed by atoms with E-state index in [9.17, 15) is 14.4 Å². The van der Waals surface area contributed by atoms with Gasteiger partial charge in [-0.1, -0.05) is 24.3 Å². The number of fused-ring (bicyclic) bond motifs is 2. The molecule has 0 saturated heterocycles. The van der Waals surface area contributed by atoms with Gasteiger partial charge in [-0.15, -0.1) is 0 Å². The lowest BCUT2D eigenvalue weighted by atomic mass is 9.82. The summed E-state index contributed by atoms with van der Waals surface area (Å²) in [6, 6.07) is 8.46. The molecule has 3 rings (SSSR count). The van der Waals surface area contributed by atoms with E-state index in [4.69, 9.17) is 0 Å². The zero-order valence-electron chi connectivity index (χ0n) is 12.0. The van der Waals surface area contributed by atoms with Crippen LogP contribution >= 0.6 is 15.9 Å². The molecule has 5 heteroatoms. The minimum atomic E-state index is -0.285. The average molecular weight is 358 g/mol. The molecule has 0 spiro atoms. The van der Waals surface area contributed by atoms with Crippen LogP contribution in [0.3, 0.4) is 0 Å². The highest BCUT2D eigenvalue weighted by Crippen LogP contribution is 2.38. The molecule has 1 aliphatic carbocycles. The molecule has 0 aliphatic heterocycles. The van der Waals surface area contributed by atoms with Crippen LogP contribution in [0.4, 0.5) is 5.69 Å². The highest BCUT2D eigenvalue weighted by molar-refractivity contribution is 9.10. The topological polar surface area (TPSA) is 63.2 Å². The molecule has 0 bridgehead atoms. The van der Waals surface area contributed by atoms with Crippen molar-refractivity contribution in [2.24, 2.45) is 0 Å². The molecule has 0 aromatic heterocycles. The molecule has 1 aliphatic rings. The monoisotopic (exact) mass is 357 g/mol. The zero-order chi connectivity index (χ0) is 16.0. The van der Waals surface area contributed by atoms with E-state index >= 15 is 0 Å². The number of carbonyl (C=O) groups excluding carboxylic acids is 3. The summed E-state index contributed by atoms with van der Waals surface area (Å²) in [5.41, 5.74) is 2.44. The van der Waals surface area contributed by atoms with Gasteiger partial charge in [0, 0.05) is 22.5 Å². The van der Waals surface area contributed by atoms with Crippen LogP contribution in [-0.4, -0.2) is 17.5 Å². The predicted molar refractivity (Wildman–Crippen MR) is 86.5 cm³/mol. The Kier molecular flexibility index (Phi) is 3.45. The van der Waals surface area contributed by atoms with Gasteiger partial charge in [-0.2, -0.15) is 0 Å². The van der Waals surface area contributed by atoms with Crippen molar-refractivity contribution in [3.05, 3.63) is 62.6 Å². The molecular weight excluding hydrogens is 346 g/mol. The predicted octanol–water partition coefficient (Wildman–Crippen LogP) is 3.49. The number of carbonyl (C=O) groups is 3. The fraction of sp³-hybridized carbons (Fsp3) is 0.118. The molecular formula is C17H12BrNO3. The van der Waals surface area contributed by atoms with Crippen LogP contribution in [0.25, 0.3) is 0 Å². The van der Waals surface area contributed by atoms with Gasteiger partial charge in [0.2, 0.25) is 5.91 Å². The van der Waals surface area contributed by atoms with Crippen LogP contribution in [0, 0.1) is 6.92 Å². The van der Waals surface area contributed by atoms with Crippen LogP contribution in [0.1, 0.15) is 44.3 Å². The van der Waals surface area contributed by atoms with Crippen molar-refractivity contribution >= 4 is 39.1 Å². The molecule has 0 atom stereocenters. The second-order valence-corrected chi connectivity index (χ2v) is 6.04. The lowest BCUT2D eigenvalue weighted by Gasteiger charge is -2.22. The summed E-state index contributed by atoms with van der Waals surface area (Å²) in [6.45, 7) is 3.16. The Balaban J connectivity index is 2.36. The van der Waals surface area contributed by atoms with Crippen LogP contribution in [0.15, 0.2) is 34.8 Å². The standard InChI is InChI=1S/C17H12BrNO3/c1-8-7-12(18)13-14(15(8)19-9(2)20)17(22)11-6-4-3-5-10(11)16(13)21/h3-7H,1-2H3,(H,19,20). The number of halogens is 1. The molecule has 110 valence electrons. The third kappa shape index (κ3) is 2.09. The Hall–Kier alpha value is -2.27. The SMILES string of the molecule is CC(=O)Nc1c(C)cc(Br)c2c1C(=O)c1ccccc1C2=O. The van der Waals surface area contributed by atoms with E-state index in [1.165, 1.54) is 6.92 Å². The summed E-state index contributed by atoms with van der Waals surface area (Å²) in [7, 11) is 0. The zero-order valence-corrected chi connectivity index (χ0v) is 13.6. The molecule has 22 heavy (non-hydrogen) atoms. The van der Waals surface area contributed by atoms with Gasteiger partial charge in [0.15, 0.2) is 11.6 Å². The average Bonchev–Trinajstić information content (AvgIpc) is 2.47. The largest absolute Gasteiger partial charge is 0.325 e. The number of anilines is 1. The molecule has 0 radical (unpaired) electrons. The Morgan fingerprint density at radius 2 is 1.59 bits per heavy atom. The van der Waals surface area contributed by atoms with E-state index in [1.807, 2.05) is 0 Å². The third-order valence-electron chi connectivity index (χ3n) is 3.65. The number of hydrogen-bond acceptors (Lipinski definition) is 3. The first kappa shape index (κ1) is 14.7. The van der Waals surface area contributed by atoms with Gasteiger partial charge in [-0.05, 0) is 34.5 Å². The molecule has 0 fully saturated rings. The van der Waals surface area contributed by atoms with Crippen LogP contribution in [0.2, 0.25) is 0 Å². The van der Waals surface area contributed by atoms with Gasteiger partial charge < -0.3 is 5.32 Å². The Bertz CT molecular complexity index is 855. The smallest absolute Gasteiger partial charge is 0.221 e. The van der Waals surface area contributed by atoms with Crippen LogP contribution < -0.4 is 5.32 Å². The third-order valence-corrected chi connectivity index (χ3v) is 4.27. The minimum absolute atomic E-state index is 0.219. The van der Waals surface area contributed by atoms with Gasteiger partial charge in [-0.25, -0.2) is 0 Å². The maximum Gasteiger partial charge on any atom is 0.221 e. The van der Waals surface area contributed by atoms with Crippen molar-refractivity contribution in [3.8, 4) is 0 Å². The fourth-order valence-electron chi connectivity index (χ4n) is 2.71. The van der Waals surface area contributed by atoms with E-state index in [1.54, 1.807) is 37.3 Å². The van der Waals surface area contributed by atoms with Crippen LogP contribution in [0.5, 0.6) is 0 Å². The summed E-state index contributed by atoms with van der Waals surface area (Å²) in [5, 5.41) is 2.68. The van der Waals surface area contributed by atoms with Crippen molar-refractivity contribution in [2.45, 2.75) is 13.8 Å². The number of nitrogens with one attached hydrogen (secondary N) is 1. The summed E-state index contributed by atoms with van der Waals surface area (Å²) in [6.07, 6.45) is 0. The van der Waals surface area contributed by atoms with Gasteiger partial charge in [-0.3, -0.25) is 14.4 Å². The van der Waals surface area contributed by atoms with Crippen molar-refractivity contribution in [1.29, 1.82) is 0 Å². The molecule has 4 nitrogen and oxygen atoms in total. The van der Waals surface area contributed by atoms with Gasteiger partial charge in [0.25, 0.3) is 0 Å². The summed E-state index contributed by atoms with van der Waals surface area (Å²) in [4.78, 5) is 37.0. The molecule has 2 aromatic carbocycles. The van der Waals surface area contributed by atoms with E-state index in [-0.39, 0.29) is 23.0 Å². The highest BCUT2D eigenvalue weighted by atomic mass is 79.9. The lowest BCUT2D eigenvalue weighted by molar-refractivity contribution is -0.114. The lowest BCUT2D eigenvalue weighted by Crippen LogP contribution is -2.24. The first-order valence-electron chi connectivity index (χ1n) is 6.71. The van der Waals surface area contributed by atoms with Crippen molar-refractivity contribution < 1.29 is 14.4 Å². The van der Waals surface area contributed by atoms with E-state index < -0.39 is 0 Å². The van der Waals surface area contributed by atoms with Crippen molar-refractivity contribution in [2.75, 3.05) is 5.32 Å². The molecule has 0 saturated carbocycles. The second-order valence-electron chi connectivity index (χ2n) is 5.19. The number of aryl methyl sites for hydroxylation is 1. The fourth-order valence-corrected chi connectivity index (χ4v) is 3.43. The molecule has 2 aromatic rings. The number of amides is 1. The number of rotatable bonds is 1. The van der Waals surface area contributed by atoms with E-state index in [0.717, 1.165) is 5.56 Å². The molecule has 0 unspecified atom stereocenters. The van der Waals surface area contributed by atoms with Gasteiger partial charge in [0.1, 0.15) is 0 Å². The van der Waals surface area contributed by atoms with E-state index in [2.05, 4.69) is 21.2 Å². The molecule has 0 heterocycles. The maximum atomic E-state index is 12.8. The molecule has 1 N–H and O–H groups in total. The summed E-state index contributed by atoms with van der Waals surface area (Å²) < 4.78 is 0.557. The number of benzene rings is 2. The second kappa shape index (κ2) is 5.18. The quantitative estimate of drug-likeness (QED) is 0.724. The highest BCUT2D eigenvalue weighted by Gasteiger charge is 2.34.